The quantitative estimate of drug-likeness (QED) is 0.675. The summed E-state index contributed by atoms with van der Waals surface area (Å²) in [5, 5.41) is 14.5. The van der Waals surface area contributed by atoms with Crippen LogP contribution in [0.25, 0.3) is 17.1 Å². The van der Waals surface area contributed by atoms with Gasteiger partial charge in [-0.1, -0.05) is 43.4 Å². The molecule has 120 valence electrons. The maximum absolute atomic E-state index is 5.35. The number of para-hydroxylation sites is 1. The molecular weight excluding hydrogens is 328 g/mol. The van der Waals surface area contributed by atoms with Gasteiger partial charge in [0.2, 0.25) is 4.96 Å². The second-order valence-electron chi connectivity index (χ2n) is 5.19. The Morgan fingerprint density at radius 1 is 1.26 bits per heavy atom. The fourth-order valence-corrected chi connectivity index (χ4v) is 3.46. The van der Waals surface area contributed by atoms with Crippen molar-refractivity contribution in [3.05, 3.63) is 40.7 Å². The molecule has 3 aromatic rings. The van der Waals surface area contributed by atoms with Crippen molar-refractivity contribution in [3.63, 3.8) is 0 Å². The van der Waals surface area contributed by atoms with Gasteiger partial charge in [0.25, 0.3) is 0 Å². The van der Waals surface area contributed by atoms with Gasteiger partial charge in [0.1, 0.15) is 10.8 Å². The third-order valence-electron chi connectivity index (χ3n) is 3.16. The summed E-state index contributed by atoms with van der Waals surface area (Å²) in [7, 11) is 1.68. The van der Waals surface area contributed by atoms with Crippen LogP contribution in [-0.4, -0.2) is 32.2 Å². The Kier molecular flexibility index (Phi) is 4.97. The van der Waals surface area contributed by atoms with Gasteiger partial charge in [-0.2, -0.15) is 21.4 Å². The van der Waals surface area contributed by atoms with Crippen LogP contribution in [-0.2, 0) is 5.75 Å². The van der Waals surface area contributed by atoms with Crippen LogP contribution in [0.4, 0.5) is 0 Å². The van der Waals surface area contributed by atoms with Gasteiger partial charge in [0.15, 0.2) is 5.82 Å². The average molecular weight is 346 g/mol. The number of nitrogens with zero attached hydrogens (tertiary/aromatic N) is 4. The molecule has 5 nitrogen and oxygen atoms in total. The fraction of sp³-hybridized carbons (Fsp3) is 0.312. The molecule has 0 unspecified atom stereocenters. The van der Waals surface area contributed by atoms with Gasteiger partial charge < -0.3 is 4.74 Å². The molecule has 0 atom stereocenters. The third-order valence-corrected chi connectivity index (χ3v) is 5.12. The lowest BCUT2D eigenvalue weighted by atomic mass is 10.2. The molecule has 0 aliphatic rings. The molecule has 1 aromatic carbocycles. The first-order valence-corrected chi connectivity index (χ1v) is 9.17. The Morgan fingerprint density at radius 3 is 2.87 bits per heavy atom. The van der Waals surface area contributed by atoms with Crippen molar-refractivity contribution >= 4 is 40.2 Å². The zero-order valence-electron chi connectivity index (χ0n) is 13.3. The molecule has 23 heavy (non-hydrogen) atoms. The Morgan fingerprint density at radius 2 is 2.09 bits per heavy atom. The van der Waals surface area contributed by atoms with Gasteiger partial charge in [-0.3, -0.25) is 0 Å². The largest absolute Gasteiger partial charge is 0.496 e. The van der Waals surface area contributed by atoms with E-state index < -0.39 is 0 Å². The molecule has 0 saturated heterocycles. The van der Waals surface area contributed by atoms with Crippen LogP contribution in [0.3, 0.4) is 0 Å². The summed E-state index contributed by atoms with van der Waals surface area (Å²) in [6.07, 6.45) is 3.99. The molecule has 0 aliphatic heterocycles. The van der Waals surface area contributed by atoms with E-state index in [1.165, 1.54) is 11.3 Å². The lowest BCUT2D eigenvalue weighted by Crippen LogP contribution is -1.96. The molecule has 0 aliphatic carbocycles. The van der Waals surface area contributed by atoms with E-state index in [9.17, 15) is 0 Å². The Labute approximate surface area is 143 Å². The summed E-state index contributed by atoms with van der Waals surface area (Å²) in [5.74, 6) is 2.56. The van der Waals surface area contributed by atoms with E-state index in [0.29, 0.717) is 5.25 Å². The lowest BCUT2D eigenvalue weighted by molar-refractivity contribution is 0.414. The van der Waals surface area contributed by atoms with E-state index in [1.54, 1.807) is 7.11 Å². The van der Waals surface area contributed by atoms with Crippen LogP contribution >= 0.6 is 23.1 Å². The first kappa shape index (κ1) is 16.0. The molecule has 0 radical (unpaired) electrons. The second-order valence-corrected chi connectivity index (χ2v) is 7.74. The fourth-order valence-electron chi connectivity index (χ4n) is 2.04. The topological polar surface area (TPSA) is 52.3 Å². The van der Waals surface area contributed by atoms with Crippen LogP contribution in [0.5, 0.6) is 5.75 Å². The molecule has 0 saturated carbocycles. The predicted molar refractivity (Wildman–Crippen MR) is 97.0 cm³/mol. The number of hydrogen-bond acceptors (Lipinski definition) is 6. The average Bonchev–Trinajstić information content (AvgIpc) is 3.11. The van der Waals surface area contributed by atoms with Crippen molar-refractivity contribution in [1.82, 2.24) is 19.8 Å². The minimum Gasteiger partial charge on any atom is -0.496 e. The summed E-state index contributed by atoms with van der Waals surface area (Å²) in [4.78, 5) is 0.823. The number of fused-ring (bicyclic) bond motifs is 1. The van der Waals surface area contributed by atoms with Gasteiger partial charge in [0, 0.05) is 5.56 Å². The monoisotopic (exact) mass is 346 g/mol. The van der Waals surface area contributed by atoms with Gasteiger partial charge in [-0.15, -0.1) is 10.2 Å². The maximum atomic E-state index is 5.35. The van der Waals surface area contributed by atoms with Gasteiger partial charge in [-0.25, -0.2) is 0 Å². The van der Waals surface area contributed by atoms with E-state index in [0.717, 1.165) is 32.9 Å². The number of ether oxygens (including phenoxy) is 1. The van der Waals surface area contributed by atoms with Crippen molar-refractivity contribution in [2.75, 3.05) is 7.11 Å². The molecule has 7 heteroatoms. The summed E-state index contributed by atoms with van der Waals surface area (Å²) in [6.45, 7) is 4.34. The van der Waals surface area contributed by atoms with E-state index >= 15 is 0 Å². The zero-order valence-corrected chi connectivity index (χ0v) is 14.9. The molecule has 2 aromatic heterocycles. The van der Waals surface area contributed by atoms with E-state index in [4.69, 9.17) is 4.74 Å². The maximum Gasteiger partial charge on any atom is 0.234 e. The number of benzene rings is 1. The molecule has 0 bridgehead atoms. The van der Waals surface area contributed by atoms with Gasteiger partial charge in [-0.05, 0) is 23.5 Å². The van der Waals surface area contributed by atoms with Crippen molar-refractivity contribution in [2.24, 2.45) is 0 Å². The second kappa shape index (κ2) is 7.14. The zero-order chi connectivity index (χ0) is 16.2. The first-order valence-electron chi connectivity index (χ1n) is 7.31. The van der Waals surface area contributed by atoms with Crippen LogP contribution in [0.15, 0.2) is 24.3 Å². The standard InChI is InChI=1S/C16H18N4OS2/c1-11(2)22-10-14-17-18-16-20(14)19-15(23-16)9-8-12-6-4-5-7-13(12)21-3/h4-9,11H,10H2,1-3H3/b9-8+. The highest BCUT2D eigenvalue weighted by molar-refractivity contribution is 7.99. The molecule has 0 fully saturated rings. The van der Waals surface area contributed by atoms with Crippen molar-refractivity contribution in [1.29, 1.82) is 0 Å². The number of rotatable bonds is 6. The molecule has 0 amide bonds. The molecular formula is C16H18N4OS2. The molecule has 3 rings (SSSR count). The number of methoxy groups -OCH3 is 1. The smallest absolute Gasteiger partial charge is 0.234 e. The summed E-state index contributed by atoms with van der Waals surface area (Å²) < 4.78 is 7.19. The van der Waals surface area contributed by atoms with Crippen molar-refractivity contribution in [2.45, 2.75) is 24.9 Å². The van der Waals surface area contributed by atoms with Crippen molar-refractivity contribution in [3.8, 4) is 5.75 Å². The Balaban J connectivity index is 1.82. The highest BCUT2D eigenvalue weighted by atomic mass is 32.2. The van der Waals surface area contributed by atoms with Crippen LogP contribution in [0, 0.1) is 0 Å². The van der Waals surface area contributed by atoms with Crippen LogP contribution in [0.2, 0.25) is 0 Å². The van der Waals surface area contributed by atoms with Crippen LogP contribution in [0.1, 0.15) is 30.2 Å². The van der Waals surface area contributed by atoms with Crippen molar-refractivity contribution < 1.29 is 4.74 Å². The third kappa shape index (κ3) is 3.73. The Hall–Kier alpha value is -1.86. The SMILES string of the molecule is COc1ccccc1/C=C/c1nn2c(CSC(C)C)nnc2s1. The summed E-state index contributed by atoms with van der Waals surface area (Å²) in [6, 6.07) is 7.90. The highest BCUT2D eigenvalue weighted by Crippen LogP contribution is 2.23. The number of hydrogen-bond donors (Lipinski definition) is 0. The molecule has 0 N–H and O–H groups in total. The van der Waals surface area contributed by atoms with E-state index in [1.807, 2.05) is 52.7 Å². The predicted octanol–water partition coefficient (Wildman–Crippen LogP) is 4.01. The summed E-state index contributed by atoms with van der Waals surface area (Å²) in [5.41, 5.74) is 1.02. The molecule has 2 heterocycles. The molecule has 0 spiro atoms. The van der Waals surface area contributed by atoms with E-state index in [2.05, 4.69) is 29.1 Å². The van der Waals surface area contributed by atoms with Gasteiger partial charge >= 0.3 is 0 Å². The summed E-state index contributed by atoms with van der Waals surface area (Å²) >= 11 is 3.36. The lowest BCUT2D eigenvalue weighted by Gasteiger charge is -2.02. The number of aromatic nitrogens is 4. The first-order chi connectivity index (χ1) is 11.2. The van der Waals surface area contributed by atoms with Gasteiger partial charge in [0.05, 0.1) is 12.9 Å². The minimum atomic E-state index is 0.561. The highest BCUT2D eigenvalue weighted by Gasteiger charge is 2.11. The normalized spacial score (nSPS) is 11.8. The van der Waals surface area contributed by atoms with E-state index in [-0.39, 0.29) is 0 Å². The minimum absolute atomic E-state index is 0.561. The van der Waals surface area contributed by atoms with Crippen LogP contribution < -0.4 is 4.74 Å². The Bertz CT molecular complexity index is 822. The number of thioether (sulfide) groups is 1.